The highest BCUT2D eigenvalue weighted by Gasteiger charge is 2.55. The van der Waals surface area contributed by atoms with Gasteiger partial charge in [-0.05, 0) is 47.5 Å². The summed E-state index contributed by atoms with van der Waals surface area (Å²) in [6, 6.07) is 47.0. The molecule has 0 radical (unpaired) electrons. The van der Waals surface area contributed by atoms with E-state index in [4.69, 9.17) is 42.6 Å². The lowest BCUT2D eigenvalue weighted by Gasteiger charge is -2.29. The molecule has 0 bridgehead atoms. The Labute approximate surface area is 358 Å². The van der Waals surface area contributed by atoms with E-state index in [0.717, 1.165) is 16.5 Å². The van der Waals surface area contributed by atoms with Gasteiger partial charge in [0, 0.05) is 12.5 Å². The van der Waals surface area contributed by atoms with Crippen LogP contribution in [0.2, 0.25) is 0 Å². The summed E-state index contributed by atoms with van der Waals surface area (Å²) in [5.41, 5.74) is 3.15. The van der Waals surface area contributed by atoms with Crippen LogP contribution < -0.4 is 0 Å². The summed E-state index contributed by atoms with van der Waals surface area (Å²) < 4.78 is 56.2. The van der Waals surface area contributed by atoms with E-state index in [0.29, 0.717) is 11.1 Å². The van der Waals surface area contributed by atoms with Crippen molar-refractivity contribution in [2.45, 2.75) is 62.4 Å². The lowest BCUT2D eigenvalue weighted by molar-refractivity contribution is -0.247. The fraction of sp³-hybridized carbons (Fsp3) is 0.265. The van der Waals surface area contributed by atoms with E-state index in [1.807, 2.05) is 84.9 Å². The minimum absolute atomic E-state index is 0.126. The van der Waals surface area contributed by atoms with Crippen molar-refractivity contribution in [2.24, 2.45) is 0 Å². The normalized spacial score (nSPS) is 23.2. The van der Waals surface area contributed by atoms with Crippen LogP contribution in [0.5, 0.6) is 0 Å². The Bertz CT molecular complexity index is 2390. The number of hydrogen-bond donors (Lipinski definition) is 0. The molecule has 2 aliphatic rings. The average molecular weight is 840 g/mol. The number of hydrogen-bond acceptors (Lipinski definition) is 13. The zero-order valence-electron chi connectivity index (χ0n) is 33.8. The number of nitrogens with zero attached hydrogens (tertiary/aromatic N) is 1. The molecular weight excluding hydrogens is 795 g/mol. The fourth-order valence-electron chi connectivity index (χ4n) is 7.30. The zero-order valence-corrected chi connectivity index (χ0v) is 33.8. The summed E-state index contributed by atoms with van der Waals surface area (Å²) >= 11 is 0. The van der Waals surface area contributed by atoms with Crippen LogP contribution in [0.15, 0.2) is 158 Å². The van der Waals surface area contributed by atoms with Crippen molar-refractivity contribution in [3.8, 4) is 0 Å². The number of rotatable bonds is 17. The van der Waals surface area contributed by atoms with E-state index in [9.17, 15) is 14.4 Å². The first kappa shape index (κ1) is 42.4. The average Bonchev–Trinajstić information content (AvgIpc) is 3.84. The maximum absolute atomic E-state index is 13.7. The highest BCUT2D eigenvalue weighted by atomic mass is 16.8. The molecule has 2 saturated heterocycles. The first-order chi connectivity index (χ1) is 30.4. The van der Waals surface area contributed by atoms with Gasteiger partial charge < -0.3 is 42.6 Å². The van der Waals surface area contributed by atoms with E-state index in [1.165, 1.54) is 7.11 Å². The molecule has 62 heavy (non-hydrogen) atoms. The SMILES string of the molecule is CO[C@H]1O[C@H](COC(=O)c2ccccc2)[C@@H](OC(=O)c2ccccc2)[C@@H]1O[C@@H]1O[C@H](COC(=O)c2ccc3ccccc3n2)[C@@H](OCc2ccccc2)[C@@H]1OCc1ccccc1. The van der Waals surface area contributed by atoms with Crippen molar-refractivity contribution in [3.63, 3.8) is 0 Å². The molecule has 2 fully saturated rings. The Hall–Kier alpha value is -6.32. The van der Waals surface area contributed by atoms with Crippen LogP contribution in [0.4, 0.5) is 0 Å². The van der Waals surface area contributed by atoms with Crippen LogP contribution in [-0.4, -0.2) is 92.4 Å². The Kier molecular flexibility index (Phi) is 14.0. The zero-order chi connectivity index (χ0) is 42.7. The quantitative estimate of drug-likeness (QED) is 0.0679. The maximum Gasteiger partial charge on any atom is 0.357 e. The summed E-state index contributed by atoms with van der Waals surface area (Å²) in [6.07, 6.45) is -8.36. The molecule has 0 unspecified atom stereocenters. The number of pyridine rings is 1. The first-order valence-corrected chi connectivity index (χ1v) is 20.2. The minimum atomic E-state index is -1.21. The van der Waals surface area contributed by atoms with Crippen molar-refractivity contribution < 1.29 is 57.0 Å². The molecule has 318 valence electrons. The number of esters is 3. The van der Waals surface area contributed by atoms with E-state index >= 15 is 0 Å². The van der Waals surface area contributed by atoms with Crippen molar-refractivity contribution in [2.75, 3.05) is 20.3 Å². The molecule has 8 atom stereocenters. The van der Waals surface area contributed by atoms with Gasteiger partial charge in [0.15, 0.2) is 24.8 Å². The number of carbonyl (C=O) groups excluding carboxylic acids is 3. The van der Waals surface area contributed by atoms with Crippen LogP contribution in [-0.2, 0) is 55.8 Å². The van der Waals surface area contributed by atoms with Gasteiger partial charge in [0.2, 0.25) is 0 Å². The summed E-state index contributed by atoms with van der Waals surface area (Å²) in [4.78, 5) is 44.7. The standard InChI is InChI=1S/C49H45NO12/c1-54-48-44(42(61-46(52)36-23-12-5-13-24-36)40(59-48)31-57-45(51)35-21-10-4-11-22-35)62-49-43(56-29-33-18-8-3-9-19-33)41(55-28-32-16-6-2-7-17-32)39(60-49)30-58-47(53)38-27-26-34-20-14-15-25-37(34)50-38/h2-27,39-44,48-49H,28-31H2,1H3/t39-,40-,41-,42-,43+,44+,48+,49+/m1/s1. The van der Waals surface area contributed by atoms with E-state index in [1.54, 1.807) is 72.8 Å². The molecule has 5 aromatic carbocycles. The van der Waals surface area contributed by atoms with Crippen LogP contribution in [0.25, 0.3) is 10.9 Å². The number of carbonyl (C=O) groups is 3. The first-order valence-electron chi connectivity index (χ1n) is 20.2. The summed E-state index contributed by atoms with van der Waals surface area (Å²) in [5.74, 6) is -1.91. The van der Waals surface area contributed by atoms with E-state index < -0.39 is 67.1 Å². The second-order valence-electron chi connectivity index (χ2n) is 14.6. The van der Waals surface area contributed by atoms with Crippen molar-refractivity contribution >= 4 is 28.8 Å². The molecule has 3 heterocycles. The molecule has 1 aromatic heterocycles. The summed E-state index contributed by atoms with van der Waals surface area (Å²) in [7, 11) is 1.42. The van der Waals surface area contributed by atoms with Gasteiger partial charge in [-0.15, -0.1) is 0 Å². The fourth-order valence-corrected chi connectivity index (χ4v) is 7.30. The molecule has 13 heteroatoms. The largest absolute Gasteiger partial charge is 0.459 e. The highest BCUT2D eigenvalue weighted by molar-refractivity contribution is 5.91. The molecule has 0 saturated carbocycles. The summed E-state index contributed by atoms with van der Waals surface area (Å²) in [6.45, 7) is -0.239. The van der Waals surface area contributed by atoms with Crippen LogP contribution >= 0.6 is 0 Å². The van der Waals surface area contributed by atoms with Crippen LogP contribution in [0.3, 0.4) is 0 Å². The number of fused-ring (bicyclic) bond motifs is 1. The number of benzene rings is 5. The molecule has 0 amide bonds. The van der Waals surface area contributed by atoms with Crippen LogP contribution in [0, 0.1) is 0 Å². The lowest BCUT2D eigenvalue weighted by Crippen LogP contribution is -2.46. The third-order valence-electron chi connectivity index (χ3n) is 10.5. The van der Waals surface area contributed by atoms with Gasteiger partial charge in [-0.2, -0.15) is 0 Å². The van der Waals surface area contributed by atoms with Gasteiger partial charge in [0.25, 0.3) is 0 Å². The second kappa shape index (κ2) is 20.5. The third kappa shape index (κ3) is 10.4. The Balaban J connectivity index is 1.08. The van der Waals surface area contributed by atoms with E-state index in [2.05, 4.69) is 4.98 Å². The molecular formula is C49H45NO12. The molecule has 6 aromatic rings. The lowest BCUT2D eigenvalue weighted by atomic mass is 10.1. The van der Waals surface area contributed by atoms with Gasteiger partial charge in [0.1, 0.15) is 43.3 Å². The van der Waals surface area contributed by atoms with Crippen molar-refractivity contribution in [3.05, 3.63) is 186 Å². The van der Waals surface area contributed by atoms with Gasteiger partial charge in [-0.1, -0.05) is 121 Å². The molecule has 2 aliphatic heterocycles. The number of methoxy groups -OCH3 is 1. The third-order valence-corrected chi connectivity index (χ3v) is 10.5. The predicted octanol–water partition coefficient (Wildman–Crippen LogP) is 7.13. The smallest absolute Gasteiger partial charge is 0.357 e. The van der Waals surface area contributed by atoms with Crippen molar-refractivity contribution in [1.29, 1.82) is 0 Å². The Morgan fingerprint density at radius 3 is 1.66 bits per heavy atom. The minimum Gasteiger partial charge on any atom is -0.459 e. The maximum atomic E-state index is 13.7. The van der Waals surface area contributed by atoms with Gasteiger partial charge >= 0.3 is 17.9 Å². The number of aromatic nitrogens is 1. The van der Waals surface area contributed by atoms with Gasteiger partial charge in [-0.25, -0.2) is 19.4 Å². The van der Waals surface area contributed by atoms with E-state index in [-0.39, 0.29) is 37.7 Å². The number of para-hydroxylation sites is 1. The van der Waals surface area contributed by atoms with Gasteiger partial charge in [-0.3, -0.25) is 0 Å². The highest BCUT2D eigenvalue weighted by Crippen LogP contribution is 2.36. The van der Waals surface area contributed by atoms with Crippen molar-refractivity contribution in [1.82, 2.24) is 4.98 Å². The topological polar surface area (TPSA) is 147 Å². The number of ether oxygens (including phenoxy) is 9. The summed E-state index contributed by atoms with van der Waals surface area (Å²) in [5, 5.41) is 0.880. The Morgan fingerprint density at radius 1 is 0.516 bits per heavy atom. The van der Waals surface area contributed by atoms with Crippen LogP contribution in [0.1, 0.15) is 42.3 Å². The molecule has 8 rings (SSSR count). The molecule has 0 spiro atoms. The Morgan fingerprint density at radius 2 is 1.03 bits per heavy atom. The molecule has 0 N–H and O–H groups in total. The molecule has 13 nitrogen and oxygen atoms in total. The second-order valence-corrected chi connectivity index (χ2v) is 14.6. The predicted molar refractivity (Wildman–Crippen MR) is 224 cm³/mol. The van der Waals surface area contributed by atoms with Gasteiger partial charge in [0.05, 0.1) is 29.9 Å². The molecule has 0 aliphatic carbocycles. The monoisotopic (exact) mass is 839 g/mol.